The van der Waals surface area contributed by atoms with Gasteiger partial charge in [0.25, 0.3) is 0 Å². The predicted octanol–water partition coefficient (Wildman–Crippen LogP) is 3.94. The van der Waals surface area contributed by atoms with Gasteiger partial charge in [-0.05, 0) is 28.4 Å². The Bertz CT molecular complexity index is 276. The highest BCUT2D eigenvalue weighted by atomic mass is 79.9. The number of ether oxygens (including phenoxy) is 2. The molecule has 0 saturated carbocycles. The molecule has 0 amide bonds. The lowest BCUT2D eigenvalue weighted by Crippen LogP contribution is -2.11. The Morgan fingerprint density at radius 1 is 1.62 bits per heavy atom. The lowest BCUT2D eigenvalue weighted by molar-refractivity contribution is 0.0983. The van der Waals surface area contributed by atoms with Crippen molar-refractivity contribution in [1.29, 1.82) is 0 Å². The van der Waals surface area contributed by atoms with Crippen molar-refractivity contribution in [2.75, 3.05) is 13.2 Å². The van der Waals surface area contributed by atoms with E-state index < -0.39 is 0 Å². The molecule has 90 valence electrons. The van der Waals surface area contributed by atoms with Gasteiger partial charge in [-0.25, -0.2) is 0 Å². The molecule has 0 N–H and O–H groups in total. The lowest BCUT2D eigenvalue weighted by atomic mass is 10.3. The molecule has 0 spiro atoms. The minimum absolute atomic E-state index is 0.160. The molecule has 0 bridgehead atoms. The van der Waals surface area contributed by atoms with E-state index in [1.807, 2.05) is 12.2 Å². The van der Waals surface area contributed by atoms with E-state index in [4.69, 9.17) is 9.47 Å². The first-order valence-electron chi connectivity index (χ1n) is 5.70. The summed E-state index contributed by atoms with van der Waals surface area (Å²) in [6.07, 6.45) is 9.49. The van der Waals surface area contributed by atoms with E-state index in [1.165, 1.54) is 6.42 Å². The highest BCUT2D eigenvalue weighted by Gasteiger charge is 2.17. The van der Waals surface area contributed by atoms with Crippen LogP contribution in [0.15, 0.2) is 35.0 Å². The van der Waals surface area contributed by atoms with Gasteiger partial charge >= 0.3 is 0 Å². The minimum atomic E-state index is 0.160. The van der Waals surface area contributed by atoms with Crippen LogP contribution in [-0.4, -0.2) is 19.3 Å². The molecule has 0 aromatic carbocycles. The summed E-state index contributed by atoms with van der Waals surface area (Å²) < 4.78 is 11.8. The molecule has 16 heavy (non-hydrogen) atoms. The van der Waals surface area contributed by atoms with E-state index in [-0.39, 0.29) is 6.10 Å². The highest BCUT2D eigenvalue weighted by Crippen LogP contribution is 2.21. The molecule has 1 saturated heterocycles. The minimum Gasteiger partial charge on any atom is -0.487 e. The summed E-state index contributed by atoms with van der Waals surface area (Å²) in [6, 6.07) is 0. The summed E-state index contributed by atoms with van der Waals surface area (Å²) >= 11 is 3.45. The Balaban J connectivity index is 2.34. The summed E-state index contributed by atoms with van der Waals surface area (Å²) in [5, 5.41) is 0. The molecule has 1 heterocycles. The monoisotopic (exact) mass is 286 g/mol. The molecule has 1 aliphatic rings. The largest absolute Gasteiger partial charge is 0.487 e. The van der Waals surface area contributed by atoms with Gasteiger partial charge in [-0.15, -0.1) is 0 Å². The van der Waals surface area contributed by atoms with Crippen molar-refractivity contribution in [1.82, 2.24) is 0 Å². The Labute approximate surface area is 106 Å². The number of allylic oxidation sites excluding steroid dienone is 4. The maximum Gasteiger partial charge on any atom is 0.126 e. The standard InChI is InChI=1S/C13H19BrO2/c1-3-4-5-6-7-13(14)11(2)16-12-8-9-15-10-12/h5-7,12H,2-4,8-10H2,1H3/b6-5-,13-7+. The molecule has 1 rings (SSSR count). The second-order valence-electron chi connectivity index (χ2n) is 3.76. The summed E-state index contributed by atoms with van der Waals surface area (Å²) in [6.45, 7) is 7.51. The Morgan fingerprint density at radius 3 is 3.06 bits per heavy atom. The first kappa shape index (κ1) is 13.5. The number of hydrogen-bond donors (Lipinski definition) is 0. The fourth-order valence-corrected chi connectivity index (χ4v) is 1.62. The molecule has 1 fully saturated rings. The van der Waals surface area contributed by atoms with Crippen LogP contribution < -0.4 is 0 Å². The molecule has 2 nitrogen and oxygen atoms in total. The normalized spacial score (nSPS) is 21.6. The molecule has 0 aromatic rings. The molecular weight excluding hydrogens is 268 g/mol. The van der Waals surface area contributed by atoms with Crippen LogP contribution >= 0.6 is 15.9 Å². The summed E-state index contributed by atoms with van der Waals surface area (Å²) in [7, 11) is 0. The molecule has 3 heteroatoms. The van der Waals surface area contributed by atoms with Gasteiger partial charge in [-0.1, -0.05) is 32.1 Å². The van der Waals surface area contributed by atoms with Crippen LogP contribution in [0.5, 0.6) is 0 Å². The lowest BCUT2D eigenvalue weighted by Gasteiger charge is -2.13. The van der Waals surface area contributed by atoms with Gasteiger partial charge in [0.1, 0.15) is 11.9 Å². The van der Waals surface area contributed by atoms with Crippen LogP contribution in [0.3, 0.4) is 0 Å². The van der Waals surface area contributed by atoms with Crippen LogP contribution in [-0.2, 0) is 9.47 Å². The van der Waals surface area contributed by atoms with E-state index in [2.05, 4.69) is 35.5 Å². The first-order chi connectivity index (χ1) is 7.74. The quantitative estimate of drug-likeness (QED) is 0.544. The van der Waals surface area contributed by atoms with Crippen molar-refractivity contribution < 1.29 is 9.47 Å². The van der Waals surface area contributed by atoms with E-state index in [1.54, 1.807) is 0 Å². The third-order valence-electron chi connectivity index (χ3n) is 2.30. The van der Waals surface area contributed by atoms with Gasteiger partial charge < -0.3 is 9.47 Å². The molecule has 1 unspecified atom stereocenters. The van der Waals surface area contributed by atoms with Crippen molar-refractivity contribution in [3.8, 4) is 0 Å². The summed E-state index contributed by atoms with van der Waals surface area (Å²) in [5.74, 6) is 0.677. The first-order valence-corrected chi connectivity index (χ1v) is 6.49. The number of halogens is 1. The molecule has 1 aliphatic heterocycles. The zero-order valence-electron chi connectivity index (χ0n) is 9.75. The van der Waals surface area contributed by atoms with Gasteiger partial charge in [0.2, 0.25) is 0 Å². The van der Waals surface area contributed by atoms with Crippen LogP contribution in [0.4, 0.5) is 0 Å². The fraction of sp³-hybridized carbons (Fsp3) is 0.538. The fourth-order valence-electron chi connectivity index (χ4n) is 1.37. The maximum absolute atomic E-state index is 5.66. The van der Waals surface area contributed by atoms with Gasteiger partial charge in [0, 0.05) is 6.42 Å². The van der Waals surface area contributed by atoms with Crippen molar-refractivity contribution in [2.45, 2.75) is 32.3 Å². The van der Waals surface area contributed by atoms with Crippen LogP contribution in [0.25, 0.3) is 0 Å². The Kier molecular flexibility index (Phi) is 6.50. The van der Waals surface area contributed by atoms with Crippen molar-refractivity contribution in [2.24, 2.45) is 0 Å². The SMILES string of the molecule is C=C(OC1CCOC1)/C(Br)=C\C=C/CCC. The molecule has 1 atom stereocenters. The number of rotatable bonds is 6. The second-order valence-corrected chi connectivity index (χ2v) is 4.61. The van der Waals surface area contributed by atoms with Crippen LogP contribution in [0.2, 0.25) is 0 Å². The zero-order valence-corrected chi connectivity index (χ0v) is 11.3. The number of hydrogen-bond acceptors (Lipinski definition) is 2. The Hall–Kier alpha value is -0.540. The third-order valence-corrected chi connectivity index (χ3v) is 3.00. The Morgan fingerprint density at radius 2 is 2.44 bits per heavy atom. The predicted molar refractivity (Wildman–Crippen MR) is 70.5 cm³/mol. The second kappa shape index (κ2) is 7.69. The summed E-state index contributed by atoms with van der Waals surface area (Å²) in [4.78, 5) is 0. The van der Waals surface area contributed by atoms with Crippen molar-refractivity contribution >= 4 is 15.9 Å². The molecular formula is C13H19BrO2. The van der Waals surface area contributed by atoms with Crippen molar-refractivity contribution in [3.63, 3.8) is 0 Å². The van der Waals surface area contributed by atoms with Crippen molar-refractivity contribution in [3.05, 3.63) is 35.0 Å². The van der Waals surface area contributed by atoms with E-state index in [9.17, 15) is 0 Å². The molecule has 0 aromatic heterocycles. The van der Waals surface area contributed by atoms with Gasteiger partial charge in [0.05, 0.1) is 17.7 Å². The van der Waals surface area contributed by atoms with E-state index in [0.29, 0.717) is 12.4 Å². The van der Waals surface area contributed by atoms with E-state index in [0.717, 1.165) is 23.9 Å². The average Bonchev–Trinajstić information content (AvgIpc) is 2.76. The van der Waals surface area contributed by atoms with Crippen LogP contribution in [0, 0.1) is 0 Å². The highest BCUT2D eigenvalue weighted by molar-refractivity contribution is 9.11. The van der Waals surface area contributed by atoms with Gasteiger partial charge in [0.15, 0.2) is 0 Å². The molecule has 0 radical (unpaired) electrons. The van der Waals surface area contributed by atoms with Crippen LogP contribution in [0.1, 0.15) is 26.2 Å². The maximum atomic E-state index is 5.66. The number of unbranched alkanes of at least 4 members (excludes halogenated alkanes) is 1. The topological polar surface area (TPSA) is 18.5 Å². The average molecular weight is 287 g/mol. The smallest absolute Gasteiger partial charge is 0.126 e. The zero-order chi connectivity index (χ0) is 11.8. The summed E-state index contributed by atoms with van der Waals surface area (Å²) in [5.41, 5.74) is 0. The molecule has 0 aliphatic carbocycles. The van der Waals surface area contributed by atoms with E-state index >= 15 is 0 Å². The van der Waals surface area contributed by atoms with Gasteiger partial charge in [-0.2, -0.15) is 0 Å². The van der Waals surface area contributed by atoms with Gasteiger partial charge in [-0.3, -0.25) is 0 Å². The third kappa shape index (κ3) is 4.99.